The Bertz CT molecular complexity index is 422. The molecule has 0 bridgehead atoms. The summed E-state index contributed by atoms with van der Waals surface area (Å²) < 4.78 is 5.19. The molecule has 98 valence electrons. The van der Waals surface area contributed by atoms with Crippen LogP contribution in [0, 0.1) is 0 Å². The fourth-order valence-corrected chi connectivity index (χ4v) is 2.08. The molecule has 2 rings (SSSR count). The largest absolute Gasteiger partial charge is 0.497 e. The van der Waals surface area contributed by atoms with Crippen molar-refractivity contribution in [1.82, 2.24) is 10.4 Å². The zero-order valence-corrected chi connectivity index (χ0v) is 10.6. The van der Waals surface area contributed by atoms with Crippen LogP contribution in [-0.2, 0) is 4.79 Å². The lowest BCUT2D eigenvalue weighted by Gasteiger charge is -2.18. The van der Waals surface area contributed by atoms with Gasteiger partial charge in [0.25, 0.3) is 0 Å². The van der Waals surface area contributed by atoms with Crippen LogP contribution in [0.2, 0.25) is 0 Å². The van der Waals surface area contributed by atoms with Crippen LogP contribution in [0.3, 0.4) is 0 Å². The number of rotatable bonds is 5. The topological polar surface area (TPSA) is 67.6 Å². The van der Waals surface area contributed by atoms with Gasteiger partial charge in [-0.1, -0.05) is 12.1 Å². The summed E-state index contributed by atoms with van der Waals surface area (Å²) in [6.07, 6.45) is 1.29. The second kappa shape index (κ2) is 5.84. The van der Waals surface area contributed by atoms with Crippen LogP contribution in [0.15, 0.2) is 24.3 Å². The van der Waals surface area contributed by atoms with Gasteiger partial charge in [-0.25, -0.2) is 5.43 Å². The fourth-order valence-electron chi connectivity index (χ4n) is 2.08. The number of hydrazine groups is 1. The van der Waals surface area contributed by atoms with Crippen molar-refractivity contribution in [3.8, 4) is 5.75 Å². The molecule has 5 nitrogen and oxygen atoms in total. The minimum absolute atomic E-state index is 0.0328. The third-order valence-electron chi connectivity index (χ3n) is 3.07. The van der Waals surface area contributed by atoms with Gasteiger partial charge in [0.1, 0.15) is 5.75 Å². The Hall–Kier alpha value is -1.59. The molecule has 18 heavy (non-hydrogen) atoms. The highest BCUT2D eigenvalue weighted by Gasteiger charge is 2.29. The van der Waals surface area contributed by atoms with Gasteiger partial charge in [0.15, 0.2) is 0 Å². The maximum absolute atomic E-state index is 11.8. The lowest BCUT2D eigenvalue weighted by molar-refractivity contribution is -0.129. The molecule has 1 aromatic rings. The molecular formula is C13H19N3O2. The van der Waals surface area contributed by atoms with Crippen molar-refractivity contribution in [2.75, 3.05) is 20.2 Å². The predicted molar refractivity (Wildman–Crippen MR) is 68.9 cm³/mol. The molecule has 1 atom stereocenters. The molecular weight excluding hydrogens is 230 g/mol. The van der Waals surface area contributed by atoms with Crippen molar-refractivity contribution < 1.29 is 9.53 Å². The van der Waals surface area contributed by atoms with E-state index >= 15 is 0 Å². The number of nitrogens with zero attached hydrogens (tertiary/aromatic N) is 1. The maximum Gasteiger partial charge on any atom is 0.238 e. The zero-order chi connectivity index (χ0) is 13.0. The van der Waals surface area contributed by atoms with Gasteiger partial charge in [-0.05, 0) is 30.7 Å². The third kappa shape index (κ3) is 2.80. The third-order valence-corrected chi connectivity index (χ3v) is 3.07. The molecule has 0 aromatic heterocycles. The molecule has 0 saturated carbocycles. The van der Waals surface area contributed by atoms with Gasteiger partial charge in [0, 0.05) is 13.0 Å². The van der Waals surface area contributed by atoms with Crippen LogP contribution in [0.25, 0.3) is 0 Å². The number of nitrogens with one attached hydrogen (secondary N) is 1. The van der Waals surface area contributed by atoms with E-state index in [1.54, 1.807) is 12.1 Å². The van der Waals surface area contributed by atoms with Crippen molar-refractivity contribution in [2.24, 2.45) is 5.73 Å². The molecule has 1 aliphatic rings. The van der Waals surface area contributed by atoms with E-state index in [9.17, 15) is 4.79 Å². The normalized spacial score (nSPS) is 19.3. The molecule has 5 heteroatoms. The highest BCUT2D eigenvalue weighted by molar-refractivity contribution is 5.78. The first-order valence-electron chi connectivity index (χ1n) is 6.15. The first-order chi connectivity index (χ1) is 8.74. The van der Waals surface area contributed by atoms with Crippen molar-refractivity contribution in [3.63, 3.8) is 0 Å². The summed E-state index contributed by atoms with van der Waals surface area (Å²) in [5.74, 6) is 0.929. The number of hydrogen-bond donors (Lipinski definition) is 2. The second-order valence-corrected chi connectivity index (χ2v) is 4.35. The van der Waals surface area contributed by atoms with Crippen molar-refractivity contribution in [1.29, 1.82) is 0 Å². The van der Waals surface area contributed by atoms with Crippen LogP contribution in [0.5, 0.6) is 5.75 Å². The van der Waals surface area contributed by atoms with Gasteiger partial charge in [0.05, 0.1) is 13.2 Å². The molecule has 1 heterocycles. The smallest absolute Gasteiger partial charge is 0.238 e. The number of benzene rings is 1. The first-order valence-corrected chi connectivity index (χ1v) is 6.15. The van der Waals surface area contributed by atoms with Crippen molar-refractivity contribution in [3.05, 3.63) is 29.8 Å². The molecule has 0 aliphatic carbocycles. The van der Waals surface area contributed by atoms with E-state index in [2.05, 4.69) is 5.43 Å². The lowest BCUT2D eigenvalue weighted by Crippen LogP contribution is -2.36. The second-order valence-electron chi connectivity index (χ2n) is 4.35. The van der Waals surface area contributed by atoms with Gasteiger partial charge >= 0.3 is 0 Å². The van der Waals surface area contributed by atoms with E-state index in [0.717, 1.165) is 17.7 Å². The molecule has 1 saturated heterocycles. The van der Waals surface area contributed by atoms with E-state index in [1.165, 1.54) is 0 Å². The van der Waals surface area contributed by atoms with Crippen LogP contribution >= 0.6 is 0 Å². The van der Waals surface area contributed by atoms with Crippen molar-refractivity contribution >= 4 is 5.91 Å². The summed E-state index contributed by atoms with van der Waals surface area (Å²) in [6.45, 7) is 1.26. The molecule has 0 radical (unpaired) electrons. The summed E-state index contributed by atoms with van der Waals surface area (Å²) in [5.41, 5.74) is 9.74. The maximum atomic E-state index is 11.8. The Morgan fingerprint density at radius 3 is 3.11 bits per heavy atom. The average Bonchev–Trinajstić information content (AvgIpc) is 2.78. The molecule has 1 aliphatic heterocycles. The van der Waals surface area contributed by atoms with Crippen LogP contribution < -0.4 is 15.9 Å². The SMILES string of the molecule is COc1cccc(C2CC(=O)N(CCCN)N2)c1. The monoisotopic (exact) mass is 249 g/mol. The summed E-state index contributed by atoms with van der Waals surface area (Å²) >= 11 is 0. The van der Waals surface area contributed by atoms with Gasteiger partial charge < -0.3 is 10.5 Å². The molecule has 0 spiro atoms. The highest BCUT2D eigenvalue weighted by Crippen LogP contribution is 2.26. The fraction of sp³-hybridized carbons (Fsp3) is 0.462. The minimum Gasteiger partial charge on any atom is -0.497 e. The van der Waals surface area contributed by atoms with Crippen LogP contribution in [-0.4, -0.2) is 31.1 Å². The van der Waals surface area contributed by atoms with Gasteiger partial charge in [-0.2, -0.15) is 0 Å². The predicted octanol–water partition coefficient (Wildman–Crippen LogP) is 0.822. The van der Waals surface area contributed by atoms with E-state index in [4.69, 9.17) is 10.5 Å². The van der Waals surface area contributed by atoms with E-state index in [1.807, 2.05) is 24.3 Å². The Balaban J connectivity index is 2.04. The Morgan fingerprint density at radius 2 is 2.39 bits per heavy atom. The Labute approximate surface area is 107 Å². The number of amides is 1. The molecule has 1 fully saturated rings. The standard InChI is InChI=1S/C13H19N3O2/c1-18-11-5-2-4-10(8-11)12-9-13(17)16(15-12)7-3-6-14/h2,4-5,8,12,15H,3,6-7,9,14H2,1H3. The summed E-state index contributed by atoms with van der Waals surface area (Å²) in [5, 5.41) is 1.66. The number of carbonyl (C=O) groups is 1. The van der Waals surface area contributed by atoms with Gasteiger partial charge in [-0.3, -0.25) is 9.80 Å². The highest BCUT2D eigenvalue weighted by atomic mass is 16.5. The minimum atomic E-state index is 0.0328. The first kappa shape index (κ1) is 12.9. The molecule has 1 aromatic carbocycles. The van der Waals surface area contributed by atoms with Gasteiger partial charge in [-0.15, -0.1) is 0 Å². The average molecular weight is 249 g/mol. The van der Waals surface area contributed by atoms with Crippen LogP contribution in [0.4, 0.5) is 0 Å². The van der Waals surface area contributed by atoms with Crippen molar-refractivity contribution in [2.45, 2.75) is 18.9 Å². The summed E-state index contributed by atoms with van der Waals surface area (Å²) in [7, 11) is 1.64. The summed E-state index contributed by atoms with van der Waals surface area (Å²) in [6, 6.07) is 7.82. The van der Waals surface area contributed by atoms with E-state index < -0.39 is 0 Å². The summed E-state index contributed by atoms with van der Waals surface area (Å²) in [4.78, 5) is 11.8. The lowest BCUT2D eigenvalue weighted by atomic mass is 10.1. The number of hydrogen-bond acceptors (Lipinski definition) is 4. The molecule has 3 N–H and O–H groups in total. The van der Waals surface area contributed by atoms with Crippen LogP contribution in [0.1, 0.15) is 24.4 Å². The number of carbonyl (C=O) groups excluding carboxylic acids is 1. The Kier molecular flexibility index (Phi) is 4.17. The number of methoxy groups -OCH3 is 1. The zero-order valence-electron chi connectivity index (χ0n) is 10.6. The Morgan fingerprint density at radius 1 is 1.56 bits per heavy atom. The molecule has 1 amide bonds. The number of nitrogens with two attached hydrogens (primary N) is 1. The van der Waals surface area contributed by atoms with E-state index in [0.29, 0.717) is 19.5 Å². The number of ether oxygens (including phenoxy) is 1. The van der Waals surface area contributed by atoms with Gasteiger partial charge in [0.2, 0.25) is 5.91 Å². The molecule has 1 unspecified atom stereocenters. The quantitative estimate of drug-likeness (QED) is 0.811. The van der Waals surface area contributed by atoms with E-state index in [-0.39, 0.29) is 11.9 Å².